The van der Waals surface area contributed by atoms with Gasteiger partial charge >= 0.3 is 0 Å². The minimum atomic E-state index is -1.68. The van der Waals surface area contributed by atoms with Crippen LogP contribution in [0.3, 0.4) is 0 Å². The average molecular weight is 276 g/mol. The molecule has 0 saturated carbocycles. The lowest BCUT2D eigenvalue weighted by Gasteiger charge is -2.36. The molecule has 1 aliphatic heterocycles. The van der Waals surface area contributed by atoms with E-state index >= 15 is 0 Å². The molecule has 1 aliphatic rings. The molecule has 0 amide bonds. The highest BCUT2D eigenvalue weighted by molar-refractivity contribution is 6.74. The second-order valence-corrected chi connectivity index (χ2v) is 11.5. The van der Waals surface area contributed by atoms with Crippen molar-refractivity contribution in [1.29, 1.82) is 0 Å². The van der Waals surface area contributed by atoms with Gasteiger partial charge in [0.2, 0.25) is 0 Å². The van der Waals surface area contributed by atoms with Crippen LogP contribution in [-0.4, -0.2) is 8.32 Å². The van der Waals surface area contributed by atoms with E-state index in [1.165, 1.54) is 11.1 Å². The zero-order valence-corrected chi connectivity index (χ0v) is 13.6. The van der Waals surface area contributed by atoms with Crippen LogP contribution in [0, 0.1) is 0 Å². The van der Waals surface area contributed by atoms with Crippen molar-refractivity contribution in [3.8, 4) is 5.75 Å². The monoisotopic (exact) mass is 276 g/mol. The van der Waals surface area contributed by atoms with Gasteiger partial charge in [-0.25, -0.2) is 0 Å². The Hall–Kier alpha value is -1.06. The van der Waals surface area contributed by atoms with Crippen molar-refractivity contribution < 1.29 is 9.16 Å². The molecule has 0 unspecified atom stereocenters. The fourth-order valence-electron chi connectivity index (χ4n) is 1.74. The summed E-state index contributed by atoms with van der Waals surface area (Å²) in [5, 5.41) is 0.250. The molecule has 0 saturated heterocycles. The lowest BCUT2D eigenvalue weighted by atomic mass is 10.1. The molecule has 3 heteroatoms. The first-order valence-electron chi connectivity index (χ1n) is 6.87. The molecule has 1 aromatic carbocycles. The van der Waals surface area contributed by atoms with Crippen LogP contribution >= 0.6 is 0 Å². The van der Waals surface area contributed by atoms with Gasteiger partial charge in [-0.1, -0.05) is 32.9 Å². The molecule has 1 aromatic rings. The molecule has 0 atom stereocenters. The summed E-state index contributed by atoms with van der Waals surface area (Å²) in [5.74, 6) is 0.971. The van der Waals surface area contributed by atoms with Gasteiger partial charge in [0, 0.05) is 0 Å². The van der Waals surface area contributed by atoms with Gasteiger partial charge in [0.25, 0.3) is 0 Å². The molecule has 104 valence electrons. The van der Waals surface area contributed by atoms with E-state index in [-0.39, 0.29) is 5.04 Å². The van der Waals surface area contributed by atoms with Gasteiger partial charge in [0.1, 0.15) is 5.75 Å². The van der Waals surface area contributed by atoms with Gasteiger partial charge in [-0.2, -0.15) is 0 Å². The summed E-state index contributed by atoms with van der Waals surface area (Å²) in [6.45, 7) is 12.0. The maximum Gasteiger partial charge on any atom is 0.192 e. The van der Waals surface area contributed by atoms with Crippen LogP contribution in [0.4, 0.5) is 0 Å². The topological polar surface area (TPSA) is 18.5 Å². The van der Waals surface area contributed by atoms with E-state index < -0.39 is 8.32 Å². The van der Waals surface area contributed by atoms with E-state index in [1.54, 1.807) is 6.26 Å². The predicted molar refractivity (Wildman–Crippen MR) is 81.9 cm³/mol. The van der Waals surface area contributed by atoms with Crippen molar-refractivity contribution in [3.63, 3.8) is 0 Å². The molecule has 0 aliphatic carbocycles. The van der Waals surface area contributed by atoms with Gasteiger partial charge in [0.15, 0.2) is 8.32 Å². The third-order valence-corrected chi connectivity index (χ3v) is 8.64. The minimum Gasteiger partial charge on any atom is -0.465 e. The Morgan fingerprint density at radius 2 is 2.00 bits per heavy atom. The van der Waals surface area contributed by atoms with Crippen molar-refractivity contribution in [2.45, 2.75) is 51.9 Å². The van der Waals surface area contributed by atoms with Crippen LogP contribution in [0.2, 0.25) is 18.1 Å². The quantitative estimate of drug-likeness (QED) is 0.748. The Labute approximate surface area is 117 Å². The Morgan fingerprint density at radius 1 is 1.26 bits per heavy atom. The number of allylic oxidation sites excluding steroid dienone is 1. The highest BCUT2D eigenvalue weighted by atomic mass is 28.4. The molecule has 0 spiro atoms. The molecule has 0 bridgehead atoms. The van der Waals surface area contributed by atoms with E-state index in [4.69, 9.17) is 9.16 Å². The maximum absolute atomic E-state index is 6.24. The number of benzene rings is 1. The Balaban J connectivity index is 2.05. The van der Waals surface area contributed by atoms with Crippen molar-refractivity contribution in [3.05, 3.63) is 41.7 Å². The highest BCUT2D eigenvalue weighted by Gasteiger charge is 2.37. The minimum absolute atomic E-state index is 0.250. The molecule has 0 radical (unpaired) electrons. The number of hydrogen-bond donors (Lipinski definition) is 0. The largest absolute Gasteiger partial charge is 0.465 e. The van der Waals surface area contributed by atoms with Gasteiger partial charge in [-0.3, -0.25) is 0 Å². The molecular weight excluding hydrogens is 252 g/mol. The number of rotatable bonds is 3. The average Bonchev–Trinajstić information content (AvgIpc) is 2.35. The first-order valence-corrected chi connectivity index (χ1v) is 9.78. The first kappa shape index (κ1) is 14.3. The van der Waals surface area contributed by atoms with Crippen molar-refractivity contribution in [2.75, 3.05) is 0 Å². The van der Waals surface area contributed by atoms with Crippen LogP contribution in [0.5, 0.6) is 5.75 Å². The molecule has 0 fully saturated rings. The van der Waals surface area contributed by atoms with E-state index in [2.05, 4.69) is 52.1 Å². The van der Waals surface area contributed by atoms with Crippen LogP contribution in [-0.2, 0) is 17.5 Å². The second-order valence-electron chi connectivity index (χ2n) is 6.68. The van der Waals surface area contributed by atoms with E-state index in [0.717, 1.165) is 12.2 Å². The van der Waals surface area contributed by atoms with E-state index in [9.17, 15) is 0 Å². The third-order valence-electron chi connectivity index (χ3n) is 4.17. The summed E-state index contributed by atoms with van der Waals surface area (Å²) in [4.78, 5) is 0. The summed E-state index contributed by atoms with van der Waals surface area (Å²) in [7, 11) is -1.68. The second kappa shape index (κ2) is 5.14. The summed E-state index contributed by atoms with van der Waals surface area (Å²) in [6, 6.07) is 6.39. The zero-order chi connectivity index (χ0) is 14.1. The van der Waals surface area contributed by atoms with E-state index in [0.29, 0.717) is 6.61 Å². The van der Waals surface area contributed by atoms with Gasteiger partial charge in [-0.05, 0) is 47.8 Å². The molecule has 19 heavy (non-hydrogen) atoms. The zero-order valence-electron chi connectivity index (χ0n) is 12.6. The lowest BCUT2D eigenvalue weighted by Crippen LogP contribution is -2.40. The van der Waals surface area contributed by atoms with Crippen molar-refractivity contribution >= 4 is 8.32 Å². The summed E-state index contributed by atoms with van der Waals surface area (Å²) < 4.78 is 11.8. The standard InChI is InChI=1S/C16H24O2Si/c1-16(2,3)19(4,5)18-12-13-8-9-14-7-6-10-17-15(14)11-13/h6,8-11H,7,12H2,1-5H3. The Morgan fingerprint density at radius 3 is 2.68 bits per heavy atom. The van der Waals surface area contributed by atoms with Crippen LogP contribution in [0.1, 0.15) is 31.9 Å². The Kier molecular flexibility index (Phi) is 3.88. The van der Waals surface area contributed by atoms with Crippen molar-refractivity contribution in [2.24, 2.45) is 0 Å². The van der Waals surface area contributed by atoms with Gasteiger partial charge in [-0.15, -0.1) is 0 Å². The summed E-state index contributed by atoms with van der Waals surface area (Å²) in [6.07, 6.45) is 4.76. The summed E-state index contributed by atoms with van der Waals surface area (Å²) in [5.41, 5.74) is 2.44. The molecule has 1 heterocycles. The highest BCUT2D eigenvalue weighted by Crippen LogP contribution is 2.37. The SMILES string of the molecule is CC(C)(C)[Si](C)(C)OCc1ccc2c(c1)OC=CC2. The predicted octanol–water partition coefficient (Wildman–Crippen LogP) is 4.66. The number of fused-ring (bicyclic) bond motifs is 1. The molecule has 2 rings (SSSR count). The number of hydrogen-bond acceptors (Lipinski definition) is 2. The maximum atomic E-state index is 6.24. The van der Waals surface area contributed by atoms with E-state index in [1.807, 2.05) is 6.08 Å². The lowest BCUT2D eigenvalue weighted by molar-refractivity contribution is 0.276. The van der Waals surface area contributed by atoms with Crippen LogP contribution < -0.4 is 4.74 Å². The van der Waals surface area contributed by atoms with Gasteiger partial charge < -0.3 is 9.16 Å². The molecular formula is C16H24O2Si. The molecule has 2 nitrogen and oxygen atoms in total. The van der Waals surface area contributed by atoms with Crippen LogP contribution in [0.15, 0.2) is 30.5 Å². The fraction of sp³-hybridized carbons (Fsp3) is 0.500. The smallest absolute Gasteiger partial charge is 0.192 e. The summed E-state index contributed by atoms with van der Waals surface area (Å²) >= 11 is 0. The first-order chi connectivity index (χ1) is 8.79. The van der Waals surface area contributed by atoms with Crippen LogP contribution in [0.25, 0.3) is 0 Å². The van der Waals surface area contributed by atoms with Gasteiger partial charge in [0.05, 0.1) is 12.9 Å². The van der Waals surface area contributed by atoms with Crippen molar-refractivity contribution in [1.82, 2.24) is 0 Å². The molecule has 0 aromatic heterocycles. The Bertz CT molecular complexity index is 484. The third kappa shape index (κ3) is 3.28. The number of ether oxygens (including phenoxy) is 1. The normalized spacial score (nSPS) is 15.0. The fourth-order valence-corrected chi connectivity index (χ4v) is 2.70. The molecule has 0 N–H and O–H groups in total.